The molecule has 11 aromatic carbocycles. The number of rotatable bonds is 8. The number of nitriles is 2. The molecule has 0 aliphatic rings. The van der Waals surface area contributed by atoms with Crippen molar-refractivity contribution in [3.63, 3.8) is 0 Å². The number of aromatic nitrogens is 5. The Bertz CT molecular complexity index is 4990. The zero-order valence-electron chi connectivity index (χ0n) is 44.2. The molecule has 0 saturated carbocycles. The third-order valence-corrected chi connectivity index (χ3v) is 15.9. The largest absolute Gasteiger partial charge is 0.309 e. The lowest BCUT2D eigenvalue weighted by Crippen LogP contribution is -2.00. The molecule has 0 bridgehead atoms. The lowest BCUT2D eigenvalue weighted by molar-refractivity contribution is 1.16. The first-order valence-corrected chi connectivity index (χ1v) is 27.1. The molecule has 0 aliphatic carbocycles. The van der Waals surface area contributed by atoms with Crippen molar-refractivity contribution in [1.29, 1.82) is 10.5 Å². The molecule has 0 aliphatic heterocycles. The van der Waals surface area contributed by atoms with Crippen molar-refractivity contribution < 1.29 is 0 Å². The fourth-order valence-electron chi connectivity index (χ4n) is 12.2. The first-order chi connectivity index (χ1) is 40.9. The Labute approximate surface area is 476 Å². The molecule has 9 nitrogen and oxygen atoms in total. The topological polar surface area (TPSA) is 96.9 Å². The summed E-state index contributed by atoms with van der Waals surface area (Å²) in [6, 6.07) is 88.9. The number of nitrogens with zero attached hydrogens (tertiary/aromatic N) is 9. The minimum absolute atomic E-state index is 0.389. The monoisotopic (exact) mass is 1060 g/mol. The number of benzene rings is 11. The highest BCUT2D eigenvalue weighted by Gasteiger charge is 2.22. The van der Waals surface area contributed by atoms with E-state index in [1.165, 1.54) is 21.5 Å². The predicted molar refractivity (Wildman–Crippen MR) is 334 cm³/mol. The van der Waals surface area contributed by atoms with Crippen LogP contribution in [0.1, 0.15) is 11.1 Å². The Morgan fingerprint density at radius 2 is 0.699 bits per heavy atom. The summed E-state index contributed by atoms with van der Waals surface area (Å²) in [6.07, 6.45) is 0. The summed E-state index contributed by atoms with van der Waals surface area (Å²) in [5, 5.41) is 28.9. The van der Waals surface area contributed by atoms with E-state index in [2.05, 4.69) is 169 Å². The number of hydrogen-bond acceptors (Lipinski definition) is 4. The van der Waals surface area contributed by atoms with Crippen LogP contribution in [0.3, 0.4) is 0 Å². The van der Waals surface area contributed by atoms with Crippen LogP contribution in [0.2, 0.25) is 0 Å². The summed E-state index contributed by atoms with van der Waals surface area (Å²) in [7, 11) is 0. The maximum Gasteiger partial charge on any atom is 0.187 e. The lowest BCUT2D eigenvalue weighted by atomic mass is 9.92. The third kappa shape index (κ3) is 7.90. The van der Waals surface area contributed by atoms with E-state index in [4.69, 9.17) is 23.1 Å². The average molecular weight is 1060 g/mol. The molecule has 0 amide bonds. The summed E-state index contributed by atoms with van der Waals surface area (Å²) in [6.45, 7) is 15.2. The van der Waals surface area contributed by atoms with Gasteiger partial charge in [0.25, 0.3) is 0 Å². The minimum atomic E-state index is 0.389. The first kappa shape index (κ1) is 48.0. The van der Waals surface area contributed by atoms with E-state index in [0.717, 1.165) is 88.6 Å². The van der Waals surface area contributed by atoms with Crippen molar-refractivity contribution in [2.24, 2.45) is 0 Å². The van der Waals surface area contributed by atoms with E-state index < -0.39 is 0 Å². The zero-order chi connectivity index (χ0) is 55.7. The quantitative estimate of drug-likeness (QED) is 0.142. The van der Waals surface area contributed by atoms with Crippen LogP contribution in [0, 0.1) is 35.8 Å². The molecule has 0 fully saturated rings. The van der Waals surface area contributed by atoms with E-state index in [1.54, 1.807) is 18.2 Å². The molecule has 9 heteroatoms. The smallest absolute Gasteiger partial charge is 0.187 e. The van der Waals surface area contributed by atoms with Crippen LogP contribution < -0.4 is 0 Å². The molecule has 15 aromatic rings. The van der Waals surface area contributed by atoms with Gasteiger partial charge >= 0.3 is 0 Å². The van der Waals surface area contributed by atoms with Crippen LogP contribution in [-0.2, 0) is 0 Å². The van der Waals surface area contributed by atoms with Gasteiger partial charge < -0.3 is 13.7 Å². The summed E-state index contributed by atoms with van der Waals surface area (Å²) in [5.41, 5.74) is 17.9. The van der Waals surface area contributed by atoms with Crippen molar-refractivity contribution in [2.45, 2.75) is 0 Å². The molecule has 83 heavy (non-hydrogen) atoms. The van der Waals surface area contributed by atoms with Gasteiger partial charge in [0.05, 0.1) is 80.9 Å². The predicted octanol–water partition coefficient (Wildman–Crippen LogP) is 18.9. The summed E-state index contributed by atoms with van der Waals surface area (Å²) >= 11 is 0. The maximum absolute atomic E-state index is 11.0. The number of hydrogen-bond donors (Lipinski definition) is 0. The van der Waals surface area contributed by atoms with Crippen LogP contribution in [0.25, 0.3) is 148 Å². The SMILES string of the molecule is [C-]#[N+]c1cccc(-c2cc(-c3ccc(-c4ccc(-c5c(C#N)cc(-n6c7ccc(-n8c9ccccc9c9ccccc98)cc7c7cc(-n8c9ccccc9c9ccccc98)ccc76)cc5C#N)cc4)cc3)nc(-c3cccc([N+]#[C-])c3)n2)c1. The Balaban J connectivity index is 0.824. The van der Waals surface area contributed by atoms with Gasteiger partial charge in [-0.15, -0.1) is 0 Å². The Kier molecular flexibility index (Phi) is 11.2. The Morgan fingerprint density at radius 1 is 0.313 bits per heavy atom. The van der Waals surface area contributed by atoms with Crippen LogP contribution in [0.5, 0.6) is 0 Å². The van der Waals surface area contributed by atoms with Gasteiger partial charge in [0.15, 0.2) is 17.2 Å². The molecule has 0 atom stereocenters. The maximum atomic E-state index is 11.0. The summed E-state index contributed by atoms with van der Waals surface area (Å²) < 4.78 is 6.87. The normalized spacial score (nSPS) is 11.3. The molecule has 4 aromatic heterocycles. The van der Waals surface area contributed by atoms with Crippen molar-refractivity contribution in [3.05, 3.63) is 283 Å². The molecule has 0 spiro atoms. The number of para-hydroxylation sites is 4. The van der Waals surface area contributed by atoms with Crippen molar-refractivity contribution in [3.8, 4) is 85.4 Å². The molecular formula is C74H41N9. The van der Waals surface area contributed by atoms with E-state index >= 15 is 0 Å². The van der Waals surface area contributed by atoms with E-state index in [-0.39, 0.29) is 0 Å². The summed E-state index contributed by atoms with van der Waals surface area (Å²) in [4.78, 5) is 17.1. The van der Waals surface area contributed by atoms with Gasteiger partial charge in [-0.25, -0.2) is 19.7 Å². The number of fused-ring (bicyclic) bond motifs is 9. The van der Waals surface area contributed by atoms with Gasteiger partial charge in [0, 0.05) is 66.1 Å². The molecule has 382 valence electrons. The van der Waals surface area contributed by atoms with Gasteiger partial charge in [-0.3, -0.25) is 0 Å². The molecule has 0 saturated heterocycles. The highest BCUT2D eigenvalue weighted by atomic mass is 15.0. The minimum Gasteiger partial charge on any atom is -0.309 e. The Hall–Kier alpha value is -12.1. The van der Waals surface area contributed by atoms with Crippen molar-refractivity contribution in [1.82, 2.24) is 23.7 Å². The fraction of sp³-hybridized carbons (Fsp3) is 0. The molecule has 0 radical (unpaired) electrons. The summed E-state index contributed by atoms with van der Waals surface area (Å²) in [5.74, 6) is 0.475. The van der Waals surface area contributed by atoms with E-state index in [0.29, 0.717) is 51.0 Å². The highest BCUT2D eigenvalue weighted by Crippen LogP contribution is 2.42. The van der Waals surface area contributed by atoms with Crippen LogP contribution >= 0.6 is 0 Å². The van der Waals surface area contributed by atoms with Crippen LogP contribution in [-0.4, -0.2) is 23.7 Å². The third-order valence-electron chi connectivity index (χ3n) is 15.9. The van der Waals surface area contributed by atoms with Gasteiger partial charge in [-0.05, 0) is 113 Å². The second-order valence-electron chi connectivity index (χ2n) is 20.6. The second kappa shape index (κ2) is 19.3. The van der Waals surface area contributed by atoms with Crippen LogP contribution in [0.4, 0.5) is 11.4 Å². The lowest BCUT2D eigenvalue weighted by Gasteiger charge is -2.14. The first-order valence-electron chi connectivity index (χ1n) is 27.1. The van der Waals surface area contributed by atoms with E-state index in [9.17, 15) is 10.5 Å². The molecule has 0 N–H and O–H groups in total. The zero-order valence-corrected chi connectivity index (χ0v) is 44.2. The van der Waals surface area contributed by atoms with Crippen LogP contribution in [0.15, 0.2) is 249 Å². The molecule has 4 heterocycles. The van der Waals surface area contributed by atoms with Crippen molar-refractivity contribution in [2.75, 3.05) is 0 Å². The molecule has 0 unspecified atom stereocenters. The van der Waals surface area contributed by atoms with E-state index in [1.807, 2.05) is 97.1 Å². The average Bonchev–Trinajstić information content (AvgIpc) is 2.55. The highest BCUT2D eigenvalue weighted by molar-refractivity contribution is 6.14. The standard InChI is InChI=1S/C74H41N9/c1-77-54-15-11-13-50(37-54)66-43-65(79-74(80-66)51-14-12-16-55(38-51)78-2)48-29-25-46(26-30-48)47-27-31-49(32-28-47)73-52(44-75)39-58(40-53(73)45-76)83-71-35-33-56(81-67-21-7-3-17-59(67)60-18-4-8-22-68(60)81)41-63(71)64-42-57(34-36-72(64)83)82-69-23-9-5-19-61(69)62-20-6-10-24-70(62)82/h3-43H. The second-order valence-corrected chi connectivity index (χ2v) is 20.6. The molecular weight excluding hydrogens is 1010 g/mol. The van der Waals surface area contributed by atoms with Gasteiger partial charge in [0.2, 0.25) is 0 Å². The van der Waals surface area contributed by atoms with Gasteiger partial charge in [0.1, 0.15) is 0 Å². The van der Waals surface area contributed by atoms with Crippen molar-refractivity contribution >= 4 is 76.8 Å². The fourth-order valence-corrected chi connectivity index (χ4v) is 12.2. The van der Waals surface area contributed by atoms with Gasteiger partial charge in [-0.2, -0.15) is 10.5 Å². The molecule has 15 rings (SSSR count). The van der Waals surface area contributed by atoms with Gasteiger partial charge in [-0.1, -0.05) is 158 Å². The Morgan fingerprint density at radius 3 is 1.16 bits per heavy atom.